The van der Waals surface area contributed by atoms with Crippen LogP contribution in [0.5, 0.6) is 17.2 Å². The molecule has 0 aromatic heterocycles. The van der Waals surface area contributed by atoms with Crippen LogP contribution in [0.2, 0.25) is 0 Å². The van der Waals surface area contributed by atoms with Crippen LogP contribution in [0.3, 0.4) is 0 Å². The first-order valence-corrected chi connectivity index (χ1v) is 6.53. The summed E-state index contributed by atoms with van der Waals surface area (Å²) >= 11 is 0. The van der Waals surface area contributed by atoms with E-state index in [4.69, 9.17) is 14.6 Å². The van der Waals surface area contributed by atoms with Gasteiger partial charge in [0.25, 0.3) is 0 Å². The minimum atomic E-state index is -1.80. The van der Waals surface area contributed by atoms with E-state index in [1.54, 1.807) is 0 Å². The third-order valence-corrected chi connectivity index (χ3v) is 3.42. The number of phenols is 3. The minimum absolute atomic E-state index is 0.530. The first kappa shape index (κ1) is 17.2. The molecule has 1 heterocycles. The molecule has 0 amide bonds. The predicted molar refractivity (Wildman–Crippen MR) is 70.6 cm³/mol. The summed E-state index contributed by atoms with van der Waals surface area (Å²) in [6, 6.07) is 1.88. The molecule has 1 fully saturated rings. The molecule has 5 atom stereocenters. The molecule has 0 radical (unpaired) electrons. The fourth-order valence-corrected chi connectivity index (χ4v) is 2.07. The molecule has 5 unspecified atom stereocenters. The van der Waals surface area contributed by atoms with Crippen LogP contribution in [-0.4, -0.2) is 79.0 Å². The summed E-state index contributed by atoms with van der Waals surface area (Å²) in [5.74, 6) is -3.78. The Balaban J connectivity index is 2.18. The normalized spacial score (nSPS) is 30.9. The third kappa shape index (κ3) is 3.16. The summed E-state index contributed by atoms with van der Waals surface area (Å²) < 4.78 is 9.74. The van der Waals surface area contributed by atoms with E-state index in [0.717, 1.165) is 12.1 Å². The predicted octanol–water partition coefficient (Wildman–Crippen LogP) is -2.24. The maximum absolute atomic E-state index is 12.0. The van der Waals surface area contributed by atoms with Gasteiger partial charge in [-0.1, -0.05) is 0 Å². The lowest BCUT2D eigenvalue weighted by atomic mass is 9.99. The summed E-state index contributed by atoms with van der Waals surface area (Å²) in [4.78, 5) is 12.0. The van der Waals surface area contributed by atoms with Crippen molar-refractivity contribution >= 4 is 5.97 Å². The Bertz CT molecular complexity index is 586. The molecule has 0 bridgehead atoms. The van der Waals surface area contributed by atoms with Gasteiger partial charge in [-0.05, 0) is 12.1 Å². The Kier molecular flexibility index (Phi) is 4.92. The molecule has 10 nitrogen and oxygen atoms in total. The van der Waals surface area contributed by atoms with Gasteiger partial charge in [0.2, 0.25) is 12.0 Å². The van der Waals surface area contributed by atoms with Gasteiger partial charge < -0.3 is 45.2 Å². The van der Waals surface area contributed by atoms with Crippen LogP contribution in [-0.2, 0) is 9.47 Å². The summed E-state index contributed by atoms with van der Waals surface area (Å²) in [5.41, 5.74) is -0.530. The van der Waals surface area contributed by atoms with Gasteiger partial charge in [-0.15, -0.1) is 0 Å². The Labute approximate surface area is 129 Å². The zero-order valence-electron chi connectivity index (χ0n) is 11.6. The Morgan fingerprint density at radius 1 is 1.04 bits per heavy atom. The van der Waals surface area contributed by atoms with Gasteiger partial charge >= 0.3 is 5.97 Å². The van der Waals surface area contributed by atoms with Crippen molar-refractivity contribution in [2.75, 3.05) is 6.61 Å². The largest absolute Gasteiger partial charge is 0.504 e. The molecule has 1 aliphatic rings. The first-order chi connectivity index (χ1) is 10.8. The highest BCUT2D eigenvalue weighted by Crippen LogP contribution is 2.37. The van der Waals surface area contributed by atoms with Crippen molar-refractivity contribution < 1.29 is 50.0 Å². The fraction of sp³-hybridized carbons (Fsp3) is 0.462. The number of carbonyl (C=O) groups excluding carboxylic acids is 1. The zero-order valence-corrected chi connectivity index (χ0v) is 11.6. The van der Waals surface area contributed by atoms with Gasteiger partial charge in [-0.3, -0.25) is 0 Å². The molecule has 128 valence electrons. The average molecular weight is 332 g/mol. The number of benzene rings is 1. The lowest BCUT2D eigenvalue weighted by Crippen LogP contribution is -2.59. The molecular weight excluding hydrogens is 316 g/mol. The molecule has 1 aromatic rings. The lowest BCUT2D eigenvalue weighted by Gasteiger charge is -2.39. The number of esters is 1. The highest BCUT2D eigenvalue weighted by atomic mass is 16.7. The number of hydrogen-bond donors (Lipinski definition) is 7. The highest BCUT2D eigenvalue weighted by Gasteiger charge is 2.45. The van der Waals surface area contributed by atoms with E-state index in [-0.39, 0.29) is 0 Å². The average Bonchev–Trinajstić information content (AvgIpc) is 2.53. The zero-order chi connectivity index (χ0) is 17.3. The molecule has 10 heteroatoms. The fourth-order valence-electron chi connectivity index (χ4n) is 2.07. The third-order valence-electron chi connectivity index (χ3n) is 3.42. The van der Waals surface area contributed by atoms with Crippen molar-refractivity contribution in [3.8, 4) is 17.2 Å². The second kappa shape index (κ2) is 6.56. The van der Waals surface area contributed by atoms with E-state index in [2.05, 4.69) is 0 Å². The summed E-state index contributed by atoms with van der Waals surface area (Å²) in [6.45, 7) is -0.704. The van der Waals surface area contributed by atoms with Crippen molar-refractivity contribution in [1.82, 2.24) is 0 Å². The monoisotopic (exact) mass is 332 g/mol. The maximum Gasteiger partial charge on any atom is 0.344 e. The van der Waals surface area contributed by atoms with Crippen molar-refractivity contribution in [2.45, 2.75) is 30.7 Å². The van der Waals surface area contributed by atoms with Crippen LogP contribution in [0.4, 0.5) is 0 Å². The number of carbonyl (C=O) groups is 1. The minimum Gasteiger partial charge on any atom is -0.504 e. The van der Waals surface area contributed by atoms with Crippen LogP contribution in [0.15, 0.2) is 12.1 Å². The topological polar surface area (TPSA) is 177 Å². The van der Waals surface area contributed by atoms with Crippen molar-refractivity contribution in [3.63, 3.8) is 0 Å². The van der Waals surface area contributed by atoms with Crippen LogP contribution in [0, 0.1) is 0 Å². The van der Waals surface area contributed by atoms with Crippen LogP contribution in [0.25, 0.3) is 0 Å². The van der Waals surface area contributed by atoms with Crippen LogP contribution in [0.1, 0.15) is 10.4 Å². The summed E-state index contributed by atoms with van der Waals surface area (Å²) in [5, 5.41) is 66.1. The maximum atomic E-state index is 12.0. The van der Waals surface area contributed by atoms with Crippen molar-refractivity contribution in [2.24, 2.45) is 0 Å². The Morgan fingerprint density at radius 2 is 1.70 bits per heavy atom. The van der Waals surface area contributed by atoms with Gasteiger partial charge in [-0.25, -0.2) is 4.79 Å². The standard InChI is InChI=1S/C13H16O10/c14-3-6-9(18)10(19)11(20)13(22-6)23-12(21)4-1-2-5(15)8(17)7(4)16/h1-2,6,9-11,13-20H,3H2. The molecule has 0 saturated carbocycles. The first-order valence-electron chi connectivity index (χ1n) is 6.53. The number of ether oxygens (including phenoxy) is 2. The van der Waals surface area contributed by atoms with Crippen molar-refractivity contribution in [1.29, 1.82) is 0 Å². The van der Waals surface area contributed by atoms with Gasteiger partial charge in [0.1, 0.15) is 30.0 Å². The SMILES string of the molecule is O=C(OC1OC(CO)C(O)C(O)C1O)c1ccc(O)c(O)c1O. The van der Waals surface area contributed by atoms with Gasteiger partial charge in [-0.2, -0.15) is 0 Å². The molecule has 2 rings (SSSR count). The molecule has 1 saturated heterocycles. The van der Waals surface area contributed by atoms with E-state index >= 15 is 0 Å². The van der Waals surface area contributed by atoms with Gasteiger partial charge in [0, 0.05) is 0 Å². The van der Waals surface area contributed by atoms with Gasteiger partial charge in [0.05, 0.1) is 6.61 Å². The van der Waals surface area contributed by atoms with E-state index in [1.165, 1.54) is 0 Å². The number of hydrogen-bond acceptors (Lipinski definition) is 10. The van der Waals surface area contributed by atoms with E-state index in [1.807, 2.05) is 0 Å². The van der Waals surface area contributed by atoms with Crippen molar-refractivity contribution in [3.05, 3.63) is 17.7 Å². The number of aromatic hydroxyl groups is 3. The number of rotatable bonds is 3. The second-order valence-electron chi connectivity index (χ2n) is 4.93. The highest BCUT2D eigenvalue weighted by molar-refractivity contribution is 5.94. The van der Waals surface area contributed by atoms with E-state index in [0.29, 0.717) is 0 Å². The quantitative estimate of drug-likeness (QED) is 0.236. The second-order valence-corrected chi connectivity index (χ2v) is 4.93. The van der Waals surface area contributed by atoms with Crippen LogP contribution >= 0.6 is 0 Å². The smallest absolute Gasteiger partial charge is 0.344 e. The molecule has 7 N–H and O–H groups in total. The van der Waals surface area contributed by atoms with E-state index in [9.17, 15) is 35.4 Å². The molecule has 1 aromatic carbocycles. The lowest BCUT2D eigenvalue weighted by molar-refractivity contribution is -0.285. The molecule has 1 aliphatic heterocycles. The van der Waals surface area contributed by atoms with Gasteiger partial charge in [0.15, 0.2) is 11.5 Å². The van der Waals surface area contributed by atoms with E-state index < -0.39 is 66.1 Å². The Hall–Kier alpha value is -2.11. The number of phenolic OH excluding ortho intramolecular Hbond substituents is 3. The summed E-state index contributed by atoms with van der Waals surface area (Å²) in [7, 11) is 0. The Morgan fingerprint density at radius 3 is 2.30 bits per heavy atom. The number of aliphatic hydroxyl groups is 4. The number of aliphatic hydroxyl groups excluding tert-OH is 4. The molecule has 23 heavy (non-hydrogen) atoms. The molecule has 0 spiro atoms. The van der Waals surface area contributed by atoms with Crippen LogP contribution < -0.4 is 0 Å². The molecule has 0 aliphatic carbocycles. The summed E-state index contributed by atoms with van der Waals surface area (Å²) in [6.07, 6.45) is -8.15. The molecular formula is C13H16O10.